The van der Waals surface area contributed by atoms with Crippen molar-refractivity contribution in [2.45, 2.75) is 33.1 Å². The molecule has 0 spiro atoms. The molecule has 0 radical (unpaired) electrons. The number of esters is 1. The highest BCUT2D eigenvalue weighted by Crippen LogP contribution is 2.27. The van der Waals surface area contributed by atoms with Crippen molar-refractivity contribution in [2.24, 2.45) is 0 Å². The summed E-state index contributed by atoms with van der Waals surface area (Å²) in [4.78, 5) is 29.7. The van der Waals surface area contributed by atoms with E-state index in [2.05, 4.69) is 15.4 Å². The van der Waals surface area contributed by atoms with Crippen molar-refractivity contribution in [3.8, 4) is 11.4 Å². The summed E-state index contributed by atoms with van der Waals surface area (Å²) < 4.78 is 21.8. The lowest BCUT2D eigenvalue weighted by Gasteiger charge is -2.13. The van der Waals surface area contributed by atoms with Crippen LogP contribution in [-0.2, 0) is 16.0 Å². The summed E-state index contributed by atoms with van der Waals surface area (Å²) in [5.74, 6) is -1.20. The number of rotatable bonds is 7. The molecule has 0 unspecified atom stereocenters. The molecule has 1 amide bonds. The normalized spacial score (nSPS) is 11.1. The number of amides is 1. The maximum Gasteiger partial charge on any atom is 0.310 e. The average molecular weight is 461 g/mol. The van der Waals surface area contributed by atoms with Crippen LogP contribution in [0.4, 0.5) is 10.1 Å². The Morgan fingerprint density at radius 2 is 1.88 bits per heavy atom. The Morgan fingerprint density at radius 1 is 1.09 bits per heavy atom. The molecule has 0 atom stereocenters. The third kappa shape index (κ3) is 4.66. The highest BCUT2D eigenvalue weighted by molar-refractivity contribution is 6.08. The number of aromatic nitrogens is 3. The Balaban J connectivity index is 1.73. The van der Waals surface area contributed by atoms with Gasteiger partial charge in [-0.15, -0.1) is 5.10 Å². The third-order valence-corrected chi connectivity index (χ3v) is 5.40. The van der Waals surface area contributed by atoms with Crippen LogP contribution in [0.3, 0.4) is 0 Å². The van der Waals surface area contributed by atoms with Gasteiger partial charge in [0.2, 0.25) is 0 Å². The first-order valence-electron chi connectivity index (χ1n) is 11.1. The third-order valence-electron chi connectivity index (χ3n) is 5.40. The number of hydrogen-bond donors (Lipinski definition) is 1. The van der Waals surface area contributed by atoms with Gasteiger partial charge in [-0.3, -0.25) is 9.59 Å². The number of nitrogens with zero attached hydrogens (tertiary/aromatic N) is 3. The molecule has 2 aromatic heterocycles. The standard InChI is InChI=1S/C26H25FN4O3/c1-4-34-22(32)15-17-9-5-6-12-20(17)28-26(33)24-21-13-8-14-31(21)30-25(29-24)19-11-7-10-18(16(2)3)23(19)27/h5-14,16H,4,15H2,1-3H3,(H,28,33). The van der Waals surface area contributed by atoms with Crippen molar-refractivity contribution in [1.82, 2.24) is 14.6 Å². The van der Waals surface area contributed by atoms with Crippen molar-refractivity contribution >= 4 is 23.1 Å². The van der Waals surface area contributed by atoms with E-state index in [4.69, 9.17) is 4.74 Å². The molecule has 4 rings (SSSR count). The molecule has 1 N–H and O–H groups in total. The zero-order valence-corrected chi connectivity index (χ0v) is 19.2. The molecule has 8 heteroatoms. The maximum absolute atomic E-state index is 15.2. The molecule has 7 nitrogen and oxygen atoms in total. The predicted molar refractivity (Wildman–Crippen MR) is 127 cm³/mol. The minimum Gasteiger partial charge on any atom is -0.466 e. The first-order chi connectivity index (χ1) is 16.4. The van der Waals surface area contributed by atoms with E-state index in [0.29, 0.717) is 22.3 Å². The number of nitrogens with one attached hydrogen (secondary N) is 1. The van der Waals surface area contributed by atoms with Crippen molar-refractivity contribution in [2.75, 3.05) is 11.9 Å². The molecule has 2 heterocycles. The zero-order valence-electron chi connectivity index (χ0n) is 19.2. The van der Waals surface area contributed by atoms with Crippen LogP contribution in [0.5, 0.6) is 0 Å². The van der Waals surface area contributed by atoms with Crippen LogP contribution in [-0.4, -0.2) is 33.1 Å². The Hall–Kier alpha value is -4.07. The summed E-state index contributed by atoms with van der Waals surface area (Å²) in [6.07, 6.45) is 1.70. The SMILES string of the molecule is CCOC(=O)Cc1ccccc1NC(=O)c1nc(-c2cccc(C(C)C)c2F)nn2cccc12. The lowest BCUT2D eigenvalue weighted by Crippen LogP contribution is -2.18. The van der Waals surface area contributed by atoms with E-state index in [1.165, 1.54) is 4.52 Å². The highest BCUT2D eigenvalue weighted by atomic mass is 19.1. The second kappa shape index (κ2) is 9.82. The summed E-state index contributed by atoms with van der Waals surface area (Å²) in [7, 11) is 0. The number of carbonyl (C=O) groups is 2. The number of halogens is 1. The number of ether oxygens (including phenoxy) is 1. The number of anilines is 1. The van der Waals surface area contributed by atoms with Gasteiger partial charge in [-0.05, 0) is 48.2 Å². The molecule has 0 fully saturated rings. The topological polar surface area (TPSA) is 85.6 Å². The largest absolute Gasteiger partial charge is 0.466 e. The van der Waals surface area contributed by atoms with Crippen molar-refractivity contribution in [3.05, 3.63) is 83.4 Å². The van der Waals surface area contributed by atoms with Crippen molar-refractivity contribution < 1.29 is 18.7 Å². The lowest BCUT2D eigenvalue weighted by atomic mass is 9.99. The van der Waals surface area contributed by atoms with Gasteiger partial charge in [0.1, 0.15) is 5.82 Å². The summed E-state index contributed by atoms with van der Waals surface area (Å²) in [5, 5.41) is 7.25. The number of benzene rings is 2. The molecule has 0 saturated carbocycles. The van der Waals surface area contributed by atoms with Crippen LogP contribution in [0.1, 0.15) is 48.3 Å². The molecule has 174 valence electrons. The van der Waals surface area contributed by atoms with Crippen LogP contribution >= 0.6 is 0 Å². The first kappa shape index (κ1) is 23.1. The van der Waals surface area contributed by atoms with Gasteiger partial charge in [0.05, 0.1) is 24.1 Å². The minimum absolute atomic E-state index is 0.0195. The van der Waals surface area contributed by atoms with E-state index in [0.717, 1.165) is 0 Å². The minimum atomic E-state index is -0.496. The molecule has 0 aliphatic rings. The lowest BCUT2D eigenvalue weighted by molar-refractivity contribution is -0.142. The smallest absolute Gasteiger partial charge is 0.310 e. The van der Waals surface area contributed by atoms with E-state index in [9.17, 15) is 9.59 Å². The van der Waals surface area contributed by atoms with Gasteiger partial charge < -0.3 is 10.1 Å². The number of fused-ring (bicyclic) bond motifs is 1. The summed E-state index contributed by atoms with van der Waals surface area (Å²) in [5.41, 5.74) is 2.43. The summed E-state index contributed by atoms with van der Waals surface area (Å²) in [6.45, 7) is 5.83. The predicted octanol–water partition coefficient (Wildman–Crippen LogP) is 5.02. The van der Waals surface area contributed by atoms with Crippen LogP contribution < -0.4 is 5.32 Å². The van der Waals surface area contributed by atoms with E-state index in [1.54, 1.807) is 67.7 Å². The maximum atomic E-state index is 15.2. The Morgan fingerprint density at radius 3 is 2.65 bits per heavy atom. The fourth-order valence-electron chi connectivity index (χ4n) is 3.73. The zero-order chi connectivity index (χ0) is 24.2. The Kier molecular flexibility index (Phi) is 6.67. The Bertz CT molecular complexity index is 1360. The molecular weight excluding hydrogens is 435 g/mol. The van der Waals surface area contributed by atoms with E-state index in [1.807, 2.05) is 13.8 Å². The fraction of sp³-hybridized carbons (Fsp3) is 0.231. The molecule has 0 saturated heterocycles. The summed E-state index contributed by atoms with van der Waals surface area (Å²) >= 11 is 0. The van der Waals surface area contributed by atoms with Gasteiger partial charge in [-0.25, -0.2) is 13.9 Å². The molecule has 4 aromatic rings. The molecule has 2 aromatic carbocycles. The number of para-hydroxylation sites is 1. The van der Waals surface area contributed by atoms with E-state index in [-0.39, 0.29) is 42.0 Å². The Labute approximate surface area is 196 Å². The average Bonchev–Trinajstić information content (AvgIpc) is 3.28. The highest BCUT2D eigenvalue weighted by Gasteiger charge is 2.21. The van der Waals surface area contributed by atoms with Crippen LogP contribution in [0.25, 0.3) is 16.9 Å². The van der Waals surface area contributed by atoms with Crippen LogP contribution in [0.15, 0.2) is 60.8 Å². The van der Waals surface area contributed by atoms with Gasteiger partial charge in [-0.1, -0.05) is 44.2 Å². The molecule has 0 aliphatic heterocycles. The number of carbonyl (C=O) groups excluding carboxylic acids is 2. The van der Waals surface area contributed by atoms with Gasteiger partial charge in [-0.2, -0.15) is 0 Å². The second-order valence-corrected chi connectivity index (χ2v) is 8.08. The first-order valence-corrected chi connectivity index (χ1v) is 11.1. The van der Waals surface area contributed by atoms with E-state index >= 15 is 4.39 Å². The number of hydrogen-bond acceptors (Lipinski definition) is 5. The quantitative estimate of drug-likeness (QED) is 0.392. The molecular formula is C26H25FN4O3. The van der Waals surface area contributed by atoms with Crippen LogP contribution in [0.2, 0.25) is 0 Å². The van der Waals surface area contributed by atoms with Gasteiger partial charge in [0.25, 0.3) is 5.91 Å². The molecule has 34 heavy (non-hydrogen) atoms. The fourth-order valence-corrected chi connectivity index (χ4v) is 3.73. The van der Waals surface area contributed by atoms with Crippen molar-refractivity contribution in [1.29, 1.82) is 0 Å². The van der Waals surface area contributed by atoms with Crippen LogP contribution in [0, 0.1) is 5.82 Å². The summed E-state index contributed by atoms with van der Waals surface area (Å²) in [6, 6.07) is 15.5. The van der Waals surface area contributed by atoms with Gasteiger partial charge >= 0.3 is 5.97 Å². The monoisotopic (exact) mass is 460 g/mol. The second-order valence-electron chi connectivity index (χ2n) is 8.08. The molecule has 0 bridgehead atoms. The molecule has 0 aliphatic carbocycles. The van der Waals surface area contributed by atoms with E-state index < -0.39 is 11.7 Å². The van der Waals surface area contributed by atoms with Gasteiger partial charge in [0, 0.05) is 11.9 Å². The van der Waals surface area contributed by atoms with Crippen molar-refractivity contribution in [3.63, 3.8) is 0 Å². The van der Waals surface area contributed by atoms with Gasteiger partial charge in [0.15, 0.2) is 11.5 Å².